The van der Waals surface area contributed by atoms with Crippen LogP contribution in [0.3, 0.4) is 0 Å². The lowest BCUT2D eigenvalue weighted by Gasteiger charge is -1.99. The van der Waals surface area contributed by atoms with Gasteiger partial charge in [-0.2, -0.15) is 0 Å². The quantitative estimate of drug-likeness (QED) is 0.523. The third kappa shape index (κ3) is 3.49. The predicted molar refractivity (Wildman–Crippen MR) is 98.9 cm³/mol. The lowest BCUT2D eigenvalue weighted by atomic mass is 10.1. The molecule has 6 heteroatoms. The van der Waals surface area contributed by atoms with Gasteiger partial charge in [0, 0.05) is 33.4 Å². The molecule has 122 valence electrons. The average molecular weight is 404 g/mol. The topological polar surface area (TPSA) is 67.0 Å². The summed E-state index contributed by atoms with van der Waals surface area (Å²) in [4.78, 5) is 15.6. The summed E-state index contributed by atoms with van der Waals surface area (Å²) in [6.07, 6.45) is 6.21. The van der Waals surface area contributed by atoms with Gasteiger partial charge < -0.3 is 4.98 Å². The van der Waals surface area contributed by atoms with Gasteiger partial charge in [-0.3, -0.25) is 4.79 Å². The number of fused-ring (bicyclic) bond motifs is 1. The number of benzene rings is 2. The fraction of sp³-hybridized carbons (Fsp3) is 0.0556. The number of aromatic nitrogens is 1. The molecule has 0 radical (unpaired) electrons. The van der Waals surface area contributed by atoms with Gasteiger partial charge in [0.2, 0.25) is 0 Å². The van der Waals surface area contributed by atoms with E-state index in [1.165, 1.54) is 30.3 Å². The normalized spacial score (nSPS) is 12.1. The molecule has 0 aliphatic carbocycles. The van der Waals surface area contributed by atoms with Gasteiger partial charge in [-0.15, -0.1) is 0 Å². The van der Waals surface area contributed by atoms with Crippen LogP contribution in [0.5, 0.6) is 0 Å². The van der Waals surface area contributed by atoms with Crippen molar-refractivity contribution in [2.45, 2.75) is 4.90 Å². The second-order valence-corrected chi connectivity index (χ2v) is 8.36. The van der Waals surface area contributed by atoms with Gasteiger partial charge in [-0.05, 0) is 60.2 Å². The number of nitrogens with one attached hydrogen (secondary N) is 1. The molecule has 0 amide bonds. The van der Waals surface area contributed by atoms with Crippen LogP contribution in [0.2, 0.25) is 0 Å². The maximum Gasteiger partial charge on any atom is 0.185 e. The van der Waals surface area contributed by atoms with E-state index in [1.54, 1.807) is 6.08 Å². The Kier molecular flexibility index (Phi) is 4.43. The van der Waals surface area contributed by atoms with Crippen LogP contribution in [0.4, 0.5) is 0 Å². The molecule has 0 unspecified atom stereocenters. The van der Waals surface area contributed by atoms with Crippen LogP contribution in [-0.4, -0.2) is 25.4 Å². The summed E-state index contributed by atoms with van der Waals surface area (Å²) < 4.78 is 23.8. The summed E-state index contributed by atoms with van der Waals surface area (Å²) in [7, 11) is -3.26. The van der Waals surface area contributed by atoms with Crippen molar-refractivity contribution >= 4 is 48.5 Å². The second kappa shape index (κ2) is 6.37. The van der Waals surface area contributed by atoms with E-state index in [4.69, 9.17) is 0 Å². The second-order valence-electron chi connectivity index (χ2n) is 5.43. The molecular formula is C18H14BrNO3S. The molecule has 0 aliphatic heterocycles. The molecule has 1 aromatic heterocycles. The smallest absolute Gasteiger partial charge is 0.185 e. The Morgan fingerprint density at radius 1 is 1.12 bits per heavy atom. The molecule has 0 saturated heterocycles. The monoisotopic (exact) mass is 403 g/mol. The minimum Gasteiger partial charge on any atom is -0.361 e. The first-order chi connectivity index (χ1) is 11.3. The molecule has 24 heavy (non-hydrogen) atoms. The number of hydrogen-bond donors (Lipinski definition) is 1. The highest BCUT2D eigenvalue weighted by Gasteiger charge is 2.08. The number of carbonyl (C=O) groups excluding carboxylic acids is 1. The van der Waals surface area contributed by atoms with Crippen molar-refractivity contribution < 1.29 is 13.2 Å². The first-order valence-corrected chi connectivity index (χ1v) is 9.82. The third-order valence-corrected chi connectivity index (χ3v) is 5.28. The third-order valence-electron chi connectivity index (χ3n) is 3.66. The number of halogens is 1. The number of sulfone groups is 1. The Bertz CT molecular complexity index is 1050. The summed E-state index contributed by atoms with van der Waals surface area (Å²) in [5.74, 6) is -0.181. The van der Waals surface area contributed by atoms with E-state index in [1.807, 2.05) is 24.4 Å². The molecule has 1 N–H and O–H groups in total. The predicted octanol–water partition coefficient (Wildman–Crippen LogP) is 4.23. The molecule has 1 heterocycles. The van der Waals surface area contributed by atoms with E-state index in [2.05, 4.69) is 20.9 Å². The van der Waals surface area contributed by atoms with Gasteiger partial charge in [0.15, 0.2) is 15.6 Å². The Balaban J connectivity index is 1.85. The van der Waals surface area contributed by atoms with Crippen molar-refractivity contribution in [1.29, 1.82) is 0 Å². The maximum atomic E-state index is 12.2. The van der Waals surface area contributed by atoms with E-state index in [0.29, 0.717) is 5.56 Å². The molecule has 0 aliphatic rings. The molecule has 3 aromatic rings. The highest BCUT2D eigenvalue weighted by molar-refractivity contribution is 9.10. The van der Waals surface area contributed by atoms with Gasteiger partial charge in [-0.25, -0.2) is 8.42 Å². The number of allylic oxidation sites excluding steroid dienone is 1. The van der Waals surface area contributed by atoms with E-state index in [0.717, 1.165) is 27.2 Å². The minimum absolute atomic E-state index is 0.181. The van der Waals surface area contributed by atoms with E-state index in [9.17, 15) is 13.2 Å². The van der Waals surface area contributed by atoms with Gasteiger partial charge in [0.05, 0.1) is 4.90 Å². The summed E-state index contributed by atoms with van der Waals surface area (Å²) >= 11 is 3.44. The summed E-state index contributed by atoms with van der Waals surface area (Å²) in [6, 6.07) is 11.8. The number of carbonyl (C=O) groups is 1. The van der Waals surface area contributed by atoms with E-state index < -0.39 is 9.84 Å². The van der Waals surface area contributed by atoms with Crippen LogP contribution in [0.15, 0.2) is 64.1 Å². The minimum atomic E-state index is -3.26. The van der Waals surface area contributed by atoms with Crippen molar-refractivity contribution in [3.05, 3.63) is 70.3 Å². The highest BCUT2D eigenvalue weighted by Crippen LogP contribution is 2.23. The van der Waals surface area contributed by atoms with Gasteiger partial charge >= 0.3 is 0 Å². The number of rotatable bonds is 4. The van der Waals surface area contributed by atoms with Gasteiger partial charge in [-0.1, -0.05) is 15.9 Å². The van der Waals surface area contributed by atoms with Crippen molar-refractivity contribution in [3.63, 3.8) is 0 Å². The molecule has 0 bridgehead atoms. The van der Waals surface area contributed by atoms with Crippen LogP contribution in [0.25, 0.3) is 17.0 Å². The highest BCUT2D eigenvalue weighted by atomic mass is 79.9. The van der Waals surface area contributed by atoms with Crippen LogP contribution >= 0.6 is 15.9 Å². The fourth-order valence-electron chi connectivity index (χ4n) is 2.38. The number of H-pyrrole nitrogens is 1. The molecular weight excluding hydrogens is 390 g/mol. The number of ketones is 1. The maximum absolute atomic E-state index is 12.2. The zero-order valence-electron chi connectivity index (χ0n) is 12.8. The molecule has 0 atom stereocenters. The van der Waals surface area contributed by atoms with Crippen molar-refractivity contribution in [3.8, 4) is 0 Å². The van der Waals surface area contributed by atoms with Crippen LogP contribution in [0, 0.1) is 0 Å². The van der Waals surface area contributed by atoms with Crippen molar-refractivity contribution in [1.82, 2.24) is 4.98 Å². The van der Waals surface area contributed by atoms with Gasteiger partial charge in [0.25, 0.3) is 0 Å². The summed E-state index contributed by atoms with van der Waals surface area (Å²) in [5.41, 5.74) is 2.34. The van der Waals surface area contributed by atoms with Crippen LogP contribution in [-0.2, 0) is 9.84 Å². The average Bonchev–Trinajstić information content (AvgIpc) is 2.94. The number of aromatic amines is 1. The molecule has 0 fully saturated rings. The van der Waals surface area contributed by atoms with E-state index >= 15 is 0 Å². The van der Waals surface area contributed by atoms with E-state index in [-0.39, 0.29) is 10.7 Å². The van der Waals surface area contributed by atoms with Crippen LogP contribution in [0.1, 0.15) is 15.9 Å². The Morgan fingerprint density at radius 2 is 1.83 bits per heavy atom. The van der Waals surface area contributed by atoms with Crippen LogP contribution < -0.4 is 0 Å². The first kappa shape index (κ1) is 16.7. The molecule has 4 nitrogen and oxygen atoms in total. The zero-order chi connectivity index (χ0) is 17.3. The van der Waals surface area contributed by atoms with Crippen molar-refractivity contribution in [2.75, 3.05) is 6.26 Å². The Morgan fingerprint density at radius 3 is 2.50 bits per heavy atom. The largest absolute Gasteiger partial charge is 0.361 e. The molecule has 3 rings (SSSR count). The first-order valence-electron chi connectivity index (χ1n) is 7.14. The molecule has 0 spiro atoms. The SMILES string of the molecule is CS(=O)(=O)c1ccc(C(=O)/C=C/c2c[nH]c3ccc(Br)cc23)cc1. The Labute approximate surface area is 148 Å². The molecule has 0 saturated carbocycles. The number of hydrogen-bond acceptors (Lipinski definition) is 3. The lowest BCUT2D eigenvalue weighted by molar-refractivity contribution is 0.104. The molecule has 2 aromatic carbocycles. The summed E-state index contributed by atoms with van der Waals surface area (Å²) in [6.45, 7) is 0. The Hall–Kier alpha value is -2.18. The van der Waals surface area contributed by atoms with Crippen molar-refractivity contribution in [2.24, 2.45) is 0 Å². The van der Waals surface area contributed by atoms with Gasteiger partial charge in [0.1, 0.15) is 0 Å². The lowest BCUT2D eigenvalue weighted by Crippen LogP contribution is -1.99. The standard InChI is InChI=1S/C18H14BrNO3S/c1-24(22,23)15-6-2-12(3-7-15)18(21)9-4-13-11-20-17-8-5-14(19)10-16(13)17/h2-11,20H,1H3/b9-4+. The fourth-order valence-corrected chi connectivity index (χ4v) is 3.37. The zero-order valence-corrected chi connectivity index (χ0v) is 15.2. The summed E-state index contributed by atoms with van der Waals surface area (Å²) in [5, 5.41) is 1.01.